The summed E-state index contributed by atoms with van der Waals surface area (Å²) >= 11 is 11.5. The smallest absolute Gasteiger partial charge is 0.326 e. The first kappa shape index (κ1) is 15.5. The van der Waals surface area contributed by atoms with Crippen LogP contribution in [0.5, 0.6) is 0 Å². The van der Waals surface area contributed by atoms with E-state index in [-0.39, 0.29) is 35.3 Å². The molecule has 0 atom stereocenters. The Labute approximate surface area is 121 Å². The molecule has 0 aromatic carbocycles. The molecular formula is C11H13Cl3N2O2. The van der Waals surface area contributed by atoms with Crippen LogP contribution in [0.3, 0.4) is 0 Å². The van der Waals surface area contributed by atoms with Gasteiger partial charge < -0.3 is 10.5 Å². The van der Waals surface area contributed by atoms with E-state index in [1.54, 1.807) is 12.1 Å². The van der Waals surface area contributed by atoms with Gasteiger partial charge in [0.15, 0.2) is 0 Å². The maximum Gasteiger partial charge on any atom is 0.326 e. The molecule has 2 rings (SSSR count). The summed E-state index contributed by atoms with van der Waals surface area (Å²) in [5, 5.41) is 0.546. The van der Waals surface area contributed by atoms with Crippen molar-refractivity contribution in [1.29, 1.82) is 0 Å². The molecule has 0 unspecified atom stereocenters. The second-order valence-corrected chi connectivity index (χ2v) is 4.98. The highest BCUT2D eigenvalue weighted by Crippen LogP contribution is 2.30. The third-order valence-corrected chi connectivity index (χ3v) is 3.23. The minimum atomic E-state index is -0.791. The molecule has 1 aromatic heterocycles. The van der Waals surface area contributed by atoms with Crippen molar-refractivity contribution < 1.29 is 9.53 Å². The molecule has 0 saturated heterocycles. The lowest BCUT2D eigenvalue weighted by atomic mass is 9.78. The summed E-state index contributed by atoms with van der Waals surface area (Å²) < 4.78 is 5.14. The first-order valence-electron chi connectivity index (χ1n) is 5.28. The Bertz CT molecular complexity index is 430. The number of nitrogens with zero attached hydrogens (tertiary/aromatic N) is 1. The highest BCUT2D eigenvalue weighted by atomic mass is 35.5. The average Bonchev–Trinajstić information content (AvgIpc) is 2.21. The number of pyridine rings is 1. The summed E-state index contributed by atoms with van der Waals surface area (Å²) in [6, 6.07) is 3.20. The number of carbonyl (C=O) groups excluding carboxylic acids is 1. The molecule has 0 spiro atoms. The van der Waals surface area contributed by atoms with Gasteiger partial charge in [-0.3, -0.25) is 4.79 Å². The predicted molar refractivity (Wildman–Crippen MR) is 72.1 cm³/mol. The van der Waals surface area contributed by atoms with E-state index in [1.807, 2.05) is 0 Å². The Morgan fingerprint density at radius 2 is 1.94 bits per heavy atom. The van der Waals surface area contributed by atoms with Crippen LogP contribution in [-0.4, -0.2) is 16.5 Å². The third kappa shape index (κ3) is 3.48. The number of aromatic nitrogens is 1. The number of nitrogens with two attached hydrogens (primary N) is 1. The average molecular weight is 312 g/mol. The number of halogens is 3. The van der Waals surface area contributed by atoms with Gasteiger partial charge in [0.05, 0.1) is 0 Å². The molecular weight excluding hydrogens is 298 g/mol. The normalized spacial score (nSPS) is 16.4. The van der Waals surface area contributed by atoms with E-state index < -0.39 is 5.54 Å². The Morgan fingerprint density at radius 1 is 1.39 bits per heavy atom. The molecule has 18 heavy (non-hydrogen) atoms. The zero-order valence-corrected chi connectivity index (χ0v) is 11.8. The number of hydrogen-bond donors (Lipinski definition) is 1. The molecule has 7 heteroatoms. The second-order valence-electron chi connectivity index (χ2n) is 4.21. The fourth-order valence-electron chi connectivity index (χ4n) is 1.65. The van der Waals surface area contributed by atoms with Gasteiger partial charge in [-0.1, -0.05) is 23.2 Å². The maximum atomic E-state index is 11.7. The molecule has 0 amide bonds. The molecule has 0 bridgehead atoms. The van der Waals surface area contributed by atoms with E-state index in [0.29, 0.717) is 18.4 Å². The van der Waals surface area contributed by atoms with Crippen molar-refractivity contribution in [3.8, 4) is 0 Å². The van der Waals surface area contributed by atoms with Gasteiger partial charge in [-0.15, -0.1) is 12.4 Å². The van der Waals surface area contributed by atoms with E-state index in [2.05, 4.69) is 4.98 Å². The largest absolute Gasteiger partial charge is 0.459 e. The van der Waals surface area contributed by atoms with E-state index in [1.165, 1.54) is 0 Å². The van der Waals surface area contributed by atoms with Gasteiger partial charge in [0.2, 0.25) is 0 Å². The van der Waals surface area contributed by atoms with Crippen LogP contribution in [0.4, 0.5) is 0 Å². The van der Waals surface area contributed by atoms with Crippen molar-refractivity contribution >= 4 is 41.6 Å². The summed E-state index contributed by atoms with van der Waals surface area (Å²) in [7, 11) is 0. The van der Waals surface area contributed by atoms with Gasteiger partial charge in [0, 0.05) is 0 Å². The Balaban J connectivity index is 0.00000162. The number of carbonyl (C=O) groups is 1. The van der Waals surface area contributed by atoms with E-state index >= 15 is 0 Å². The minimum absolute atomic E-state index is 0. The molecule has 100 valence electrons. The summed E-state index contributed by atoms with van der Waals surface area (Å²) in [6.45, 7) is 0.111. The van der Waals surface area contributed by atoms with Crippen LogP contribution in [0.25, 0.3) is 0 Å². The van der Waals surface area contributed by atoms with E-state index in [4.69, 9.17) is 33.7 Å². The molecule has 2 N–H and O–H groups in total. The van der Waals surface area contributed by atoms with Crippen LogP contribution in [0.1, 0.15) is 24.8 Å². The molecule has 1 fully saturated rings. The lowest BCUT2D eigenvalue weighted by Gasteiger charge is -2.35. The van der Waals surface area contributed by atoms with Gasteiger partial charge in [0.25, 0.3) is 0 Å². The van der Waals surface area contributed by atoms with Crippen LogP contribution in [0, 0.1) is 0 Å². The summed E-state index contributed by atoms with van der Waals surface area (Å²) in [6.07, 6.45) is 2.34. The summed E-state index contributed by atoms with van der Waals surface area (Å²) in [5.74, 6) is -0.368. The van der Waals surface area contributed by atoms with Gasteiger partial charge >= 0.3 is 5.97 Å². The fraction of sp³-hybridized carbons (Fsp3) is 0.455. The van der Waals surface area contributed by atoms with Gasteiger partial charge in [0.1, 0.15) is 22.5 Å². The molecule has 0 radical (unpaired) electrons. The maximum absolute atomic E-state index is 11.7. The summed E-state index contributed by atoms with van der Waals surface area (Å²) in [4.78, 5) is 15.5. The van der Waals surface area contributed by atoms with Crippen molar-refractivity contribution in [2.75, 3.05) is 0 Å². The predicted octanol–water partition coefficient (Wildman–Crippen LogP) is 2.73. The van der Waals surface area contributed by atoms with Gasteiger partial charge in [-0.25, -0.2) is 4.98 Å². The fourth-order valence-corrected chi connectivity index (χ4v) is 2.16. The number of esters is 1. The van der Waals surface area contributed by atoms with Crippen molar-refractivity contribution in [3.05, 3.63) is 28.0 Å². The first-order chi connectivity index (χ1) is 7.99. The van der Waals surface area contributed by atoms with Crippen LogP contribution in [0.15, 0.2) is 12.1 Å². The quantitative estimate of drug-likeness (QED) is 0.688. The van der Waals surface area contributed by atoms with Crippen LogP contribution in [-0.2, 0) is 16.1 Å². The Morgan fingerprint density at radius 3 is 2.39 bits per heavy atom. The minimum Gasteiger partial charge on any atom is -0.459 e. The Kier molecular flexibility index (Phi) is 5.22. The van der Waals surface area contributed by atoms with Crippen LogP contribution >= 0.6 is 35.6 Å². The Hall–Kier alpha value is -0.550. The van der Waals surface area contributed by atoms with E-state index in [9.17, 15) is 4.79 Å². The molecule has 1 saturated carbocycles. The van der Waals surface area contributed by atoms with Gasteiger partial charge in [-0.2, -0.15) is 0 Å². The van der Waals surface area contributed by atoms with Crippen molar-refractivity contribution in [2.45, 2.75) is 31.4 Å². The second kappa shape index (κ2) is 6.06. The van der Waals surface area contributed by atoms with Gasteiger partial charge in [-0.05, 0) is 37.0 Å². The first-order valence-corrected chi connectivity index (χ1v) is 6.03. The number of rotatable bonds is 3. The highest BCUT2D eigenvalue weighted by Gasteiger charge is 2.41. The molecule has 1 aromatic rings. The molecule has 4 nitrogen and oxygen atoms in total. The zero-order valence-electron chi connectivity index (χ0n) is 9.49. The standard InChI is InChI=1S/C11H12Cl2N2O2.ClH/c12-8-4-7(5-9(13)15-8)6-17-10(16)11(14)2-1-3-11;/h4-5H,1-3,6,14H2;1H. The molecule has 1 aliphatic rings. The van der Waals surface area contributed by atoms with Crippen LogP contribution < -0.4 is 5.73 Å². The van der Waals surface area contributed by atoms with Crippen molar-refractivity contribution in [3.63, 3.8) is 0 Å². The number of hydrogen-bond acceptors (Lipinski definition) is 4. The highest BCUT2D eigenvalue weighted by molar-refractivity contribution is 6.32. The SMILES string of the molecule is Cl.NC1(C(=O)OCc2cc(Cl)nc(Cl)c2)CCC1. The lowest BCUT2D eigenvalue weighted by Crippen LogP contribution is -2.54. The van der Waals surface area contributed by atoms with Crippen molar-refractivity contribution in [2.24, 2.45) is 5.73 Å². The third-order valence-electron chi connectivity index (χ3n) is 2.84. The monoisotopic (exact) mass is 310 g/mol. The van der Waals surface area contributed by atoms with E-state index in [0.717, 1.165) is 6.42 Å². The molecule has 1 aliphatic carbocycles. The molecule has 0 aliphatic heterocycles. The zero-order chi connectivity index (χ0) is 12.5. The van der Waals surface area contributed by atoms with Crippen LogP contribution in [0.2, 0.25) is 10.3 Å². The lowest BCUT2D eigenvalue weighted by molar-refractivity contribution is -0.155. The number of ether oxygens (including phenoxy) is 1. The van der Waals surface area contributed by atoms with Crippen molar-refractivity contribution in [1.82, 2.24) is 4.98 Å². The molecule has 1 heterocycles. The summed E-state index contributed by atoms with van der Waals surface area (Å²) in [5.41, 5.74) is 5.74. The topological polar surface area (TPSA) is 65.2 Å².